The molecule has 5 rings (SSSR count). The molecule has 2 aromatic rings. The average Bonchev–Trinajstić information content (AvgIpc) is 2.96. The number of rotatable bonds is 6. The van der Waals surface area contributed by atoms with Crippen molar-refractivity contribution in [3.63, 3.8) is 0 Å². The van der Waals surface area contributed by atoms with Crippen LogP contribution in [-0.2, 0) is 20.8 Å². The molecule has 4 atom stereocenters. The molecule has 1 unspecified atom stereocenters. The Kier molecular flexibility index (Phi) is 8.05. The minimum absolute atomic E-state index is 0.0196. The lowest BCUT2D eigenvalue weighted by molar-refractivity contribution is -0.158. The summed E-state index contributed by atoms with van der Waals surface area (Å²) in [6, 6.07) is 7.57. The molecular weight excluding hydrogens is 592 g/mol. The molecule has 2 aromatic carbocycles. The molecular formula is C35H40N2O9. The number of fused-ring (bicyclic) bond motifs is 3. The van der Waals surface area contributed by atoms with Crippen LogP contribution in [0.2, 0.25) is 0 Å². The van der Waals surface area contributed by atoms with E-state index in [4.69, 9.17) is 4.74 Å². The van der Waals surface area contributed by atoms with Gasteiger partial charge in [0.1, 0.15) is 28.6 Å². The number of aliphatic hydroxyl groups is 3. The Hall–Kier alpha value is -4.64. The molecule has 0 heterocycles. The van der Waals surface area contributed by atoms with Gasteiger partial charge in [-0.1, -0.05) is 34.6 Å². The van der Waals surface area contributed by atoms with E-state index in [9.17, 15) is 39.6 Å². The van der Waals surface area contributed by atoms with Crippen LogP contribution in [0.25, 0.3) is 5.76 Å². The lowest BCUT2D eigenvalue weighted by atomic mass is 9.50. The molecule has 0 aromatic heterocycles. The first-order valence-corrected chi connectivity index (χ1v) is 15.3. The van der Waals surface area contributed by atoms with E-state index in [0.717, 1.165) is 6.92 Å². The Labute approximate surface area is 267 Å². The number of Topliss-reactive ketones (excluding diaryl/α,β-unsaturated/α-hetero) is 3. The summed E-state index contributed by atoms with van der Waals surface area (Å²) < 4.78 is 5.14. The van der Waals surface area contributed by atoms with Gasteiger partial charge >= 0.3 is 6.03 Å². The molecule has 2 amide bonds. The average molecular weight is 633 g/mol. The number of phenols is 1. The number of carbonyl (C=O) groups excluding carboxylic acids is 4. The molecule has 3 aliphatic carbocycles. The van der Waals surface area contributed by atoms with Crippen molar-refractivity contribution in [1.29, 1.82) is 0 Å². The van der Waals surface area contributed by atoms with Gasteiger partial charge in [0, 0.05) is 28.5 Å². The lowest BCUT2D eigenvalue weighted by Gasteiger charge is -2.54. The van der Waals surface area contributed by atoms with Gasteiger partial charge in [-0.15, -0.1) is 0 Å². The number of hydrogen-bond acceptors (Lipinski definition) is 9. The third kappa shape index (κ3) is 4.84. The summed E-state index contributed by atoms with van der Waals surface area (Å²) in [5.41, 5.74) is -2.97. The Balaban J connectivity index is 1.65. The maximum Gasteiger partial charge on any atom is 0.323 e. The molecule has 1 saturated carbocycles. The first-order chi connectivity index (χ1) is 21.5. The number of aliphatic hydroxyl groups excluding tert-OH is 2. The standard InChI is InChI=1S/C35H40N2O9/c1-15(2)20-12-23(37-33(44)36-18-8-10-19(46-7)11-9-18)28(39)26-21(20)13-34(6)14-22-24(16(3)4)29(40)25(17(5)38)31(42)35(22,45)32(43)27(34)30(26)41/h8-12,15-16,22,24,39,41-42,45H,13-14H2,1-7H3,(H2,36,37,44)/t22-,24?,34-,35+/m1/s1. The van der Waals surface area contributed by atoms with Crippen molar-refractivity contribution in [2.75, 3.05) is 17.7 Å². The van der Waals surface area contributed by atoms with Gasteiger partial charge in [0.05, 0.1) is 18.4 Å². The summed E-state index contributed by atoms with van der Waals surface area (Å²) >= 11 is 0. The van der Waals surface area contributed by atoms with E-state index >= 15 is 0 Å². The molecule has 3 aliphatic rings. The second-order valence-corrected chi connectivity index (χ2v) is 13.5. The summed E-state index contributed by atoms with van der Waals surface area (Å²) in [4.78, 5) is 53.4. The van der Waals surface area contributed by atoms with Crippen molar-refractivity contribution in [2.45, 2.75) is 65.9 Å². The minimum atomic E-state index is -2.64. The van der Waals surface area contributed by atoms with Gasteiger partial charge < -0.3 is 35.8 Å². The molecule has 11 heteroatoms. The van der Waals surface area contributed by atoms with Gasteiger partial charge in [-0.05, 0) is 73.1 Å². The topological polar surface area (TPSA) is 182 Å². The highest BCUT2D eigenvalue weighted by molar-refractivity contribution is 6.24. The Morgan fingerprint density at radius 3 is 2.20 bits per heavy atom. The number of methoxy groups -OCH3 is 1. The molecule has 11 nitrogen and oxygen atoms in total. The minimum Gasteiger partial charge on any atom is -0.508 e. The monoisotopic (exact) mass is 632 g/mol. The maximum atomic E-state index is 14.4. The summed E-state index contributed by atoms with van der Waals surface area (Å²) in [5, 5.41) is 51.8. The first-order valence-electron chi connectivity index (χ1n) is 15.3. The molecule has 6 N–H and O–H groups in total. The zero-order valence-corrected chi connectivity index (χ0v) is 26.9. The highest BCUT2D eigenvalue weighted by Gasteiger charge is 2.66. The molecule has 0 bridgehead atoms. The zero-order valence-electron chi connectivity index (χ0n) is 26.9. The van der Waals surface area contributed by atoms with E-state index in [1.54, 1.807) is 51.1 Å². The maximum absolute atomic E-state index is 14.4. The smallest absolute Gasteiger partial charge is 0.323 e. The molecule has 0 aliphatic heterocycles. The Morgan fingerprint density at radius 1 is 1.02 bits per heavy atom. The van der Waals surface area contributed by atoms with Crippen molar-refractivity contribution >= 4 is 40.5 Å². The van der Waals surface area contributed by atoms with Crippen LogP contribution in [0.15, 0.2) is 47.2 Å². The number of ether oxygens (including phenoxy) is 1. The van der Waals surface area contributed by atoms with Crippen LogP contribution in [0.1, 0.15) is 70.6 Å². The van der Waals surface area contributed by atoms with Gasteiger partial charge in [0.15, 0.2) is 17.2 Å². The van der Waals surface area contributed by atoms with Crippen LogP contribution < -0.4 is 15.4 Å². The van der Waals surface area contributed by atoms with Crippen molar-refractivity contribution < 1.29 is 44.3 Å². The summed E-state index contributed by atoms with van der Waals surface area (Å²) in [7, 11) is 1.52. The summed E-state index contributed by atoms with van der Waals surface area (Å²) in [6.45, 7) is 10.2. The van der Waals surface area contributed by atoms with E-state index in [0.29, 0.717) is 22.6 Å². The van der Waals surface area contributed by atoms with E-state index in [1.165, 1.54) is 7.11 Å². The number of benzene rings is 2. The van der Waals surface area contributed by atoms with Crippen molar-refractivity contribution in [2.24, 2.45) is 23.2 Å². The van der Waals surface area contributed by atoms with Crippen molar-refractivity contribution in [1.82, 2.24) is 0 Å². The quantitative estimate of drug-likeness (QED) is 0.175. The SMILES string of the molecule is COc1ccc(NC(=O)Nc2cc(C(C)C)c3c(c2O)C(O)=C2C(=O)[C@@]4(O)C(O)=C(C(C)=O)C(=O)C(C(C)C)[C@H]4C[C@@]2(C)C3)cc1. The van der Waals surface area contributed by atoms with Gasteiger partial charge in [0.25, 0.3) is 0 Å². The molecule has 0 saturated heterocycles. The highest BCUT2D eigenvalue weighted by atomic mass is 16.5. The number of urea groups is 1. The summed E-state index contributed by atoms with van der Waals surface area (Å²) in [6.07, 6.45) is 0.183. The highest BCUT2D eigenvalue weighted by Crippen LogP contribution is 2.60. The number of carbonyl (C=O) groups is 4. The second-order valence-electron chi connectivity index (χ2n) is 13.5. The van der Waals surface area contributed by atoms with Gasteiger partial charge in [0.2, 0.25) is 5.78 Å². The van der Waals surface area contributed by atoms with Crippen LogP contribution in [0, 0.1) is 23.2 Å². The largest absolute Gasteiger partial charge is 0.508 e. The van der Waals surface area contributed by atoms with Crippen molar-refractivity contribution in [3.05, 3.63) is 63.9 Å². The molecule has 0 radical (unpaired) electrons. The van der Waals surface area contributed by atoms with Crippen LogP contribution in [0.3, 0.4) is 0 Å². The predicted octanol–water partition coefficient (Wildman–Crippen LogP) is 5.58. The van der Waals surface area contributed by atoms with Gasteiger partial charge in [-0.2, -0.15) is 0 Å². The van der Waals surface area contributed by atoms with E-state index in [-0.39, 0.29) is 41.5 Å². The van der Waals surface area contributed by atoms with Gasteiger partial charge in [-0.25, -0.2) is 4.79 Å². The summed E-state index contributed by atoms with van der Waals surface area (Å²) in [5.74, 6) is -6.48. The predicted molar refractivity (Wildman–Crippen MR) is 171 cm³/mol. The number of hydrogen-bond donors (Lipinski definition) is 6. The fraction of sp³-hybridized carbons (Fsp3) is 0.429. The van der Waals surface area contributed by atoms with E-state index in [2.05, 4.69) is 10.6 Å². The fourth-order valence-electron chi connectivity index (χ4n) is 7.62. The second kappa shape index (κ2) is 11.3. The number of phenolic OH excluding ortho intramolecular Hbond substituents is 1. The molecule has 1 fully saturated rings. The number of allylic oxidation sites excluding steroid dienone is 1. The van der Waals surface area contributed by atoms with Crippen molar-refractivity contribution in [3.8, 4) is 11.5 Å². The number of nitrogens with one attached hydrogen (secondary N) is 2. The third-order valence-corrected chi connectivity index (χ3v) is 9.74. The normalized spacial score (nSPS) is 25.7. The number of ketones is 3. The Bertz CT molecular complexity index is 1740. The number of aromatic hydroxyl groups is 1. The molecule has 244 valence electrons. The van der Waals surface area contributed by atoms with Crippen LogP contribution in [0.4, 0.5) is 16.2 Å². The Morgan fingerprint density at radius 2 is 1.65 bits per heavy atom. The van der Waals surface area contributed by atoms with E-state index < -0.39 is 69.1 Å². The van der Waals surface area contributed by atoms with E-state index in [1.807, 2.05) is 13.8 Å². The number of amides is 2. The third-order valence-electron chi connectivity index (χ3n) is 9.74. The lowest BCUT2D eigenvalue weighted by Crippen LogP contribution is -2.63. The van der Waals surface area contributed by atoms with Crippen LogP contribution in [-0.4, -0.2) is 56.5 Å². The molecule has 0 spiro atoms. The molecule has 46 heavy (non-hydrogen) atoms. The fourth-order valence-corrected chi connectivity index (χ4v) is 7.62. The van der Waals surface area contributed by atoms with Gasteiger partial charge in [-0.3, -0.25) is 14.4 Å². The van der Waals surface area contributed by atoms with Crippen LogP contribution >= 0.6 is 0 Å². The first kappa shape index (κ1) is 32.7. The zero-order chi connectivity index (χ0) is 34.0. The number of anilines is 2. The van der Waals surface area contributed by atoms with Crippen LogP contribution in [0.5, 0.6) is 11.5 Å².